The van der Waals surface area contributed by atoms with Crippen LogP contribution in [0.3, 0.4) is 0 Å². The van der Waals surface area contributed by atoms with E-state index < -0.39 is 0 Å². The summed E-state index contributed by atoms with van der Waals surface area (Å²) in [4.78, 5) is 4.26. The Hall–Kier alpha value is -2.16. The molecule has 0 unspecified atom stereocenters. The summed E-state index contributed by atoms with van der Waals surface area (Å²) >= 11 is 0. The Balaban J connectivity index is 0.00000364. The van der Waals surface area contributed by atoms with Gasteiger partial charge in [-0.15, -0.1) is 24.0 Å². The highest BCUT2D eigenvalue weighted by Crippen LogP contribution is 2.30. The summed E-state index contributed by atoms with van der Waals surface area (Å²) in [5.41, 5.74) is 2.08. The molecule has 0 bridgehead atoms. The smallest absolute Gasteiger partial charge is 0.195 e. The molecule has 0 saturated heterocycles. The van der Waals surface area contributed by atoms with Crippen molar-refractivity contribution in [2.45, 2.75) is 13.3 Å². The summed E-state index contributed by atoms with van der Waals surface area (Å²) in [7, 11) is 5.05. The first-order valence-corrected chi connectivity index (χ1v) is 8.61. The topological polar surface area (TPSA) is 64.1 Å². The Morgan fingerprint density at radius 3 is 2.52 bits per heavy atom. The van der Waals surface area contributed by atoms with Crippen molar-refractivity contribution in [1.82, 2.24) is 5.32 Å². The molecular weight excluding hydrogens is 457 g/mol. The van der Waals surface area contributed by atoms with Crippen molar-refractivity contribution in [2.75, 3.05) is 39.7 Å². The Morgan fingerprint density at radius 1 is 1.04 bits per heavy atom. The third-order valence-electron chi connectivity index (χ3n) is 3.79. The van der Waals surface area contributed by atoms with Gasteiger partial charge < -0.3 is 24.8 Å². The summed E-state index contributed by atoms with van der Waals surface area (Å²) in [6.07, 6.45) is 0.866. The first kappa shape index (κ1) is 22.9. The van der Waals surface area contributed by atoms with Gasteiger partial charge in [0.05, 0.1) is 20.8 Å². The van der Waals surface area contributed by atoms with Crippen molar-refractivity contribution in [3.8, 4) is 17.2 Å². The Labute approximate surface area is 178 Å². The number of methoxy groups -OCH3 is 2. The summed E-state index contributed by atoms with van der Waals surface area (Å²) < 4.78 is 16.2. The van der Waals surface area contributed by atoms with E-state index in [0.29, 0.717) is 24.1 Å². The van der Waals surface area contributed by atoms with E-state index in [2.05, 4.69) is 21.7 Å². The fourth-order valence-electron chi connectivity index (χ4n) is 2.49. The molecule has 0 radical (unpaired) electrons. The van der Waals surface area contributed by atoms with E-state index in [-0.39, 0.29) is 24.0 Å². The van der Waals surface area contributed by atoms with Gasteiger partial charge in [0.15, 0.2) is 17.5 Å². The van der Waals surface area contributed by atoms with Crippen LogP contribution in [0.5, 0.6) is 17.2 Å². The van der Waals surface area contributed by atoms with Crippen molar-refractivity contribution < 1.29 is 14.2 Å². The fourth-order valence-corrected chi connectivity index (χ4v) is 2.49. The van der Waals surface area contributed by atoms with Gasteiger partial charge in [0.1, 0.15) is 5.75 Å². The maximum atomic E-state index is 5.61. The molecule has 2 rings (SSSR count). The SMILES string of the molecule is CCOc1cc(NC(=NC)NCCc2cccc(OC)c2)ccc1OC.I. The van der Waals surface area contributed by atoms with E-state index >= 15 is 0 Å². The number of halogens is 1. The Kier molecular flexibility index (Phi) is 10.4. The summed E-state index contributed by atoms with van der Waals surface area (Å²) in [6.45, 7) is 3.27. The van der Waals surface area contributed by atoms with Crippen molar-refractivity contribution >= 4 is 35.6 Å². The zero-order valence-electron chi connectivity index (χ0n) is 16.2. The first-order valence-electron chi connectivity index (χ1n) is 8.61. The zero-order valence-corrected chi connectivity index (χ0v) is 18.6. The molecule has 0 aliphatic rings. The number of ether oxygens (including phenoxy) is 3. The molecule has 2 aromatic rings. The number of guanidine groups is 1. The number of hydrogen-bond donors (Lipinski definition) is 2. The molecule has 7 heteroatoms. The molecule has 148 valence electrons. The van der Waals surface area contributed by atoms with Crippen LogP contribution in [-0.2, 0) is 6.42 Å². The molecule has 27 heavy (non-hydrogen) atoms. The quantitative estimate of drug-likeness (QED) is 0.337. The second-order valence-corrected chi connectivity index (χ2v) is 5.52. The molecule has 0 aromatic heterocycles. The summed E-state index contributed by atoms with van der Waals surface area (Å²) in [6, 6.07) is 13.8. The molecule has 0 atom stereocenters. The maximum Gasteiger partial charge on any atom is 0.195 e. The molecule has 0 fully saturated rings. The van der Waals surface area contributed by atoms with Crippen molar-refractivity contribution in [3.05, 3.63) is 48.0 Å². The number of hydrogen-bond acceptors (Lipinski definition) is 4. The monoisotopic (exact) mass is 485 g/mol. The number of nitrogens with zero attached hydrogens (tertiary/aromatic N) is 1. The fraction of sp³-hybridized carbons (Fsp3) is 0.350. The average Bonchev–Trinajstić information content (AvgIpc) is 2.68. The van der Waals surface area contributed by atoms with E-state index in [1.54, 1.807) is 21.3 Å². The standard InChI is InChI=1S/C20H27N3O3.HI/c1-5-26-19-14-16(9-10-18(19)25-4)23-20(21-2)22-12-11-15-7-6-8-17(13-15)24-3;/h6-10,13-14H,5,11-12H2,1-4H3,(H2,21,22,23);1H. The Bertz CT molecular complexity index is 738. The number of anilines is 1. The highest BCUT2D eigenvalue weighted by atomic mass is 127. The van der Waals surface area contributed by atoms with Crippen molar-refractivity contribution in [2.24, 2.45) is 4.99 Å². The van der Waals surface area contributed by atoms with Crippen LogP contribution >= 0.6 is 24.0 Å². The molecule has 2 N–H and O–H groups in total. The second kappa shape index (κ2) is 12.3. The molecule has 0 heterocycles. The van der Waals surface area contributed by atoms with Crippen LogP contribution in [0.2, 0.25) is 0 Å². The minimum atomic E-state index is 0. The number of rotatable bonds is 8. The van der Waals surface area contributed by atoms with Crippen molar-refractivity contribution in [3.63, 3.8) is 0 Å². The van der Waals surface area contributed by atoms with Gasteiger partial charge in [-0.2, -0.15) is 0 Å². The molecule has 0 amide bonds. The maximum absolute atomic E-state index is 5.61. The third kappa shape index (κ3) is 7.16. The molecule has 0 saturated carbocycles. The predicted octanol–water partition coefficient (Wildman–Crippen LogP) is 3.95. The van der Waals surface area contributed by atoms with Gasteiger partial charge in [0.2, 0.25) is 0 Å². The van der Waals surface area contributed by atoms with Gasteiger partial charge in [0.25, 0.3) is 0 Å². The first-order chi connectivity index (χ1) is 12.7. The lowest BCUT2D eigenvalue weighted by Crippen LogP contribution is -2.32. The average molecular weight is 485 g/mol. The van der Waals surface area contributed by atoms with Gasteiger partial charge in [-0.25, -0.2) is 0 Å². The van der Waals surface area contributed by atoms with Gasteiger partial charge in [0, 0.05) is 25.3 Å². The van der Waals surface area contributed by atoms with Crippen LogP contribution in [0.4, 0.5) is 5.69 Å². The molecule has 0 aliphatic heterocycles. The lowest BCUT2D eigenvalue weighted by atomic mass is 10.1. The van der Waals surface area contributed by atoms with E-state index in [1.165, 1.54) is 5.56 Å². The van der Waals surface area contributed by atoms with Crippen LogP contribution in [0.1, 0.15) is 12.5 Å². The lowest BCUT2D eigenvalue weighted by Gasteiger charge is -2.15. The van der Waals surface area contributed by atoms with Gasteiger partial charge in [-0.1, -0.05) is 12.1 Å². The number of benzene rings is 2. The van der Waals surface area contributed by atoms with Crippen molar-refractivity contribution in [1.29, 1.82) is 0 Å². The van der Waals surface area contributed by atoms with Gasteiger partial charge in [-0.05, 0) is 43.2 Å². The third-order valence-corrected chi connectivity index (χ3v) is 3.79. The van der Waals surface area contributed by atoms with Gasteiger partial charge in [-0.3, -0.25) is 4.99 Å². The lowest BCUT2D eigenvalue weighted by molar-refractivity contribution is 0.311. The molecular formula is C20H28IN3O3. The van der Waals surface area contributed by atoms with E-state index in [1.807, 2.05) is 43.3 Å². The molecule has 6 nitrogen and oxygen atoms in total. The van der Waals surface area contributed by atoms with Crippen LogP contribution in [0.15, 0.2) is 47.5 Å². The minimum Gasteiger partial charge on any atom is -0.497 e. The highest BCUT2D eigenvalue weighted by Gasteiger charge is 2.07. The van der Waals surface area contributed by atoms with Crippen LogP contribution in [0.25, 0.3) is 0 Å². The molecule has 0 aliphatic carbocycles. The predicted molar refractivity (Wildman–Crippen MR) is 121 cm³/mol. The van der Waals surface area contributed by atoms with E-state index in [4.69, 9.17) is 14.2 Å². The summed E-state index contributed by atoms with van der Waals surface area (Å²) in [5, 5.41) is 6.58. The van der Waals surface area contributed by atoms with E-state index in [0.717, 1.165) is 24.4 Å². The van der Waals surface area contributed by atoms with Gasteiger partial charge >= 0.3 is 0 Å². The summed E-state index contributed by atoms with van der Waals surface area (Å²) in [5.74, 6) is 2.97. The normalized spacial score (nSPS) is 10.6. The zero-order chi connectivity index (χ0) is 18.8. The number of nitrogens with one attached hydrogen (secondary N) is 2. The molecule has 2 aromatic carbocycles. The largest absolute Gasteiger partial charge is 0.497 e. The number of aliphatic imine (C=N–C) groups is 1. The second-order valence-electron chi connectivity index (χ2n) is 5.52. The Morgan fingerprint density at radius 2 is 1.85 bits per heavy atom. The van der Waals surface area contributed by atoms with Crippen LogP contribution in [0, 0.1) is 0 Å². The van der Waals surface area contributed by atoms with Crippen LogP contribution in [-0.4, -0.2) is 40.4 Å². The van der Waals surface area contributed by atoms with E-state index in [9.17, 15) is 0 Å². The highest BCUT2D eigenvalue weighted by molar-refractivity contribution is 14.0. The minimum absolute atomic E-state index is 0. The molecule has 0 spiro atoms. The van der Waals surface area contributed by atoms with Crippen LogP contribution < -0.4 is 24.8 Å².